The fourth-order valence-electron chi connectivity index (χ4n) is 2.15. The molecule has 8 nitrogen and oxygen atoms in total. The van der Waals surface area contributed by atoms with Gasteiger partial charge in [0.2, 0.25) is 0 Å². The first kappa shape index (κ1) is 20.3. The Morgan fingerprint density at radius 1 is 1.33 bits per heavy atom. The first-order valence-corrected chi connectivity index (χ1v) is 8.90. The molecule has 1 aromatic heterocycles. The van der Waals surface area contributed by atoms with Crippen molar-refractivity contribution in [1.82, 2.24) is 4.98 Å². The molecule has 0 saturated carbocycles. The zero-order chi connectivity index (χ0) is 18.3. The molecule has 0 fully saturated rings. The highest BCUT2D eigenvalue weighted by Gasteiger charge is 2.09. The third-order valence-electron chi connectivity index (χ3n) is 3.13. The summed E-state index contributed by atoms with van der Waals surface area (Å²) >= 11 is 0. The summed E-state index contributed by atoms with van der Waals surface area (Å²) in [5.41, 5.74) is 8.70. The average molecular weight is 357 g/mol. The van der Waals surface area contributed by atoms with Crippen LogP contribution >= 0.6 is 7.82 Å². The largest absolute Gasteiger partial charge is 0.497 e. The van der Waals surface area contributed by atoms with Crippen LogP contribution in [0.1, 0.15) is 18.9 Å². The summed E-state index contributed by atoms with van der Waals surface area (Å²) in [4.78, 5) is 26.1. The van der Waals surface area contributed by atoms with Gasteiger partial charge in [0.25, 0.3) is 0 Å². The molecule has 1 aromatic carbocycles. The number of aromatic nitrogens is 1. The van der Waals surface area contributed by atoms with Crippen LogP contribution in [0.2, 0.25) is 0 Å². The van der Waals surface area contributed by atoms with Crippen LogP contribution in [0.3, 0.4) is 0 Å². The molecule has 0 radical (unpaired) electrons. The molecule has 134 valence electrons. The van der Waals surface area contributed by atoms with Crippen LogP contribution in [0, 0.1) is 6.92 Å². The van der Waals surface area contributed by atoms with Gasteiger partial charge in [-0.1, -0.05) is 0 Å². The highest BCUT2D eigenvalue weighted by Crippen LogP contribution is 2.29. The van der Waals surface area contributed by atoms with Crippen molar-refractivity contribution in [3.8, 4) is 5.75 Å². The van der Waals surface area contributed by atoms with Gasteiger partial charge in [-0.25, -0.2) is 4.57 Å². The number of aryl methyl sites for hydroxylation is 1. The topological polar surface area (TPSA) is 138 Å². The molecule has 0 aliphatic rings. The number of pyridine rings is 1. The van der Waals surface area contributed by atoms with E-state index in [0.29, 0.717) is 12.6 Å². The molecular formula is C15H24N3O5P. The van der Waals surface area contributed by atoms with Crippen molar-refractivity contribution < 1.29 is 24.0 Å². The van der Waals surface area contributed by atoms with Gasteiger partial charge in [0.1, 0.15) is 5.75 Å². The number of phosphoric acid groups is 1. The molecular weight excluding hydrogens is 333 g/mol. The molecule has 1 atom stereocenters. The summed E-state index contributed by atoms with van der Waals surface area (Å²) in [5.74, 6) is 0.836. The van der Waals surface area contributed by atoms with Crippen molar-refractivity contribution in [1.29, 1.82) is 0 Å². The van der Waals surface area contributed by atoms with Crippen molar-refractivity contribution in [3.63, 3.8) is 0 Å². The standard InChI is InChI=1S/C15H21N3O.H3O4P/c1-10-6-12-7-13(19-3)8-14(15(12)17-9-10)18-11(2)4-5-16;1-5(2,3)4/h6-9,11,18H,4-5,16H2,1-3H3;(H3,1,2,3,4). The van der Waals surface area contributed by atoms with E-state index in [2.05, 4.69) is 23.3 Å². The third kappa shape index (κ3) is 7.25. The van der Waals surface area contributed by atoms with E-state index in [9.17, 15) is 0 Å². The number of nitrogens with one attached hydrogen (secondary N) is 1. The number of nitrogens with two attached hydrogens (primary N) is 1. The predicted molar refractivity (Wildman–Crippen MR) is 94.1 cm³/mol. The van der Waals surface area contributed by atoms with E-state index in [4.69, 9.17) is 29.7 Å². The van der Waals surface area contributed by atoms with Crippen LogP contribution in [0.15, 0.2) is 24.4 Å². The Balaban J connectivity index is 0.000000505. The van der Waals surface area contributed by atoms with Gasteiger partial charge >= 0.3 is 7.82 Å². The van der Waals surface area contributed by atoms with Gasteiger partial charge in [0.15, 0.2) is 0 Å². The van der Waals surface area contributed by atoms with Crippen LogP contribution in [0.25, 0.3) is 10.9 Å². The normalized spacial score (nSPS) is 12.3. The quantitative estimate of drug-likeness (QED) is 0.511. The van der Waals surface area contributed by atoms with Crippen molar-refractivity contribution in [2.45, 2.75) is 26.3 Å². The molecule has 24 heavy (non-hydrogen) atoms. The zero-order valence-corrected chi connectivity index (χ0v) is 14.8. The number of benzene rings is 1. The van der Waals surface area contributed by atoms with Crippen LogP contribution in [-0.4, -0.2) is 39.4 Å². The lowest BCUT2D eigenvalue weighted by Crippen LogP contribution is -2.19. The molecule has 0 aliphatic heterocycles. The van der Waals surface area contributed by atoms with E-state index in [1.54, 1.807) is 7.11 Å². The molecule has 0 amide bonds. The van der Waals surface area contributed by atoms with Gasteiger partial charge in [0, 0.05) is 23.7 Å². The molecule has 0 saturated heterocycles. The van der Waals surface area contributed by atoms with Crippen molar-refractivity contribution in [2.24, 2.45) is 5.73 Å². The fourth-order valence-corrected chi connectivity index (χ4v) is 2.15. The second-order valence-corrected chi connectivity index (χ2v) is 6.42. The van der Waals surface area contributed by atoms with Gasteiger partial charge in [-0.15, -0.1) is 0 Å². The van der Waals surface area contributed by atoms with E-state index >= 15 is 0 Å². The lowest BCUT2D eigenvalue weighted by Gasteiger charge is -2.17. The minimum absolute atomic E-state index is 0.309. The summed E-state index contributed by atoms with van der Waals surface area (Å²) in [6.45, 7) is 4.82. The maximum atomic E-state index is 8.88. The number of methoxy groups -OCH3 is 1. The van der Waals surface area contributed by atoms with Crippen LogP contribution in [-0.2, 0) is 4.57 Å². The number of fused-ring (bicyclic) bond motifs is 1. The number of nitrogens with zero attached hydrogens (tertiary/aromatic N) is 1. The Bertz CT molecular complexity index is 711. The van der Waals surface area contributed by atoms with Gasteiger partial charge in [-0.3, -0.25) is 4.98 Å². The summed E-state index contributed by atoms with van der Waals surface area (Å²) in [7, 11) is -2.96. The molecule has 0 bridgehead atoms. The zero-order valence-electron chi connectivity index (χ0n) is 13.9. The monoisotopic (exact) mass is 357 g/mol. The molecule has 0 aliphatic carbocycles. The Morgan fingerprint density at radius 2 is 1.96 bits per heavy atom. The van der Waals surface area contributed by atoms with Crippen molar-refractivity contribution in [2.75, 3.05) is 19.0 Å². The summed E-state index contributed by atoms with van der Waals surface area (Å²) in [5, 5.41) is 4.54. The summed E-state index contributed by atoms with van der Waals surface area (Å²) in [6, 6.07) is 6.42. The van der Waals surface area contributed by atoms with Gasteiger partial charge < -0.3 is 30.5 Å². The van der Waals surface area contributed by atoms with E-state index in [0.717, 1.165) is 34.3 Å². The van der Waals surface area contributed by atoms with E-state index in [1.807, 2.05) is 25.3 Å². The molecule has 2 rings (SSSR count). The number of hydrogen-bond donors (Lipinski definition) is 5. The Morgan fingerprint density at radius 3 is 2.50 bits per heavy atom. The lowest BCUT2D eigenvalue weighted by molar-refractivity contribution is 0.275. The molecule has 9 heteroatoms. The highest BCUT2D eigenvalue weighted by molar-refractivity contribution is 7.45. The Hall–Kier alpha value is -1.70. The minimum atomic E-state index is -4.64. The van der Waals surface area contributed by atoms with Crippen LogP contribution in [0.5, 0.6) is 5.75 Å². The van der Waals surface area contributed by atoms with Crippen molar-refractivity contribution in [3.05, 3.63) is 30.0 Å². The maximum Gasteiger partial charge on any atom is 0.466 e. The molecule has 1 heterocycles. The lowest BCUT2D eigenvalue weighted by atomic mass is 10.1. The second-order valence-electron chi connectivity index (χ2n) is 5.40. The first-order chi connectivity index (χ1) is 11.1. The fraction of sp³-hybridized carbons (Fsp3) is 0.400. The third-order valence-corrected chi connectivity index (χ3v) is 3.13. The average Bonchev–Trinajstić information content (AvgIpc) is 2.45. The van der Waals surface area contributed by atoms with Crippen LogP contribution < -0.4 is 15.8 Å². The number of hydrogen-bond acceptors (Lipinski definition) is 5. The van der Waals surface area contributed by atoms with Gasteiger partial charge in [-0.2, -0.15) is 0 Å². The highest BCUT2D eigenvalue weighted by atomic mass is 31.2. The number of anilines is 1. The van der Waals surface area contributed by atoms with Crippen molar-refractivity contribution >= 4 is 24.4 Å². The smallest absolute Gasteiger partial charge is 0.466 e. The molecule has 1 unspecified atom stereocenters. The maximum absolute atomic E-state index is 8.88. The first-order valence-electron chi connectivity index (χ1n) is 7.33. The van der Waals surface area contributed by atoms with Crippen LogP contribution in [0.4, 0.5) is 5.69 Å². The molecule has 2 aromatic rings. The SMILES string of the molecule is COc1cc(NC(C)CCN)c2ncc(C)cc2c1.O=P(O)(O)O. The van der Waals surface area contributed by atoms with Gasteiger partial charge in [0.05, 0.1) is 18.3 Å². The second kappa shape index (κ2) is 8.96. The van der Waals surface area contributed by atoms with Gasteiger partial charge in [-0.05, 0) is 44.5 Å². The predicted octanol–water partition coefficient (Wildman–Crippen LogP) is 1.77. The van der Waals surface area contributed by atoms with E-state index < -0.39 is 7.82 Å². The minimum Gasteiger partial charge on any atom is -0.497 e. The Labute approximate surface area is 140 Å². The molecule has 0 spiro atoms. The number of rotatable bonds is 5. The van der Waals surface area contributed by atoms with E-state index in [1.165, 1.54) is 0 Å². The number of ether oxygens (including phenoxy) is 1. The summed E-state index contributed by atoms with van der Waals surface area (Å²) < 4.78 is 14.2. The Kier molecular flexibility index (Phi) is 7.59. The summed E-state index contributed by atoms with van der Waals surface area (Å²) in [6.07, 6.45) is 2.80. The molecule has 6 N–H and O–H groups in total. The van der Waals surface area contributed by atoms with E-state index in [-0.39, 0.29) is 0 Å².